The van der Waals surface area contributed by atoms with E-state index >= 15 is 0 Å². The lowest BCUT2D eigenvalue weighted by molar-refractivity contribution is -0.147. The number of carbonyl (C=O) groups excluding carboxylic acids is 1. The average Bonchev–Trinajstić information content (AvgIpc) is 3.10. The highest BCUT2D eigenvalue weighted by atomic mass is 16.5. The van der Waals surface area contributed by atoms with Crippen LogP contribution in [0.1, 0.15) is 23.1 Å². The maximum atomic E-state index is 12.6. The van der Waals surface area contributed by atoms with Crippen LogP contribution in [0.3, 0.4) is 0 Å². The lowest BCUT2D eigenvalue weighted by Gasteiger charge is -2.17. The van der Waals surface area contributed by atoms with Crippen molar-refractivity contribution >= 4 is 16.9 Å². The van der Waals surface area contributed by atoms with E-state index in [4.69, 9.17) is 9.26 Å². The smallest absolute Gasteiger partial charge is 0.313 e. The zero-order valence-corrected chi connectivity index (χ0v) is 13.9. The number of benzene rings is 2. The molecule has 0 radical (unpaired) electrons. The second kappa shape index (κ2) is 7.19. The number of hydrogen-bond donors (Lipinski definition) is 0. The summed E-state index contributed by atoms with van der Waals surface area (Å²) in [4.78, 5) is 16.9. The molecular formula is C21H16N2O3. The average molecular weight is 344 g/mol. The van der Waals surface area contributed by atoms with Crippen molar-refractivity contribution in [1.29, 1.82) is 0 Å². The molecule has 0 aliphatic heterocycles. The zero-order chi connectivity index (χ0) is 17.8. The fraction of sp³-hybridized carbons (Fsp3) is 0.0952. The third-order valence-electron chi connectivity index (χ3n) is 4.07. The third-order valence-corrected chi connectivity index (χ3v) is 4.07. The molecule has 0 bridgehead atoms. The van der Waals surface area contributed by atoms with Crippen LogP contribution in [0, 0.1) is 0 Å². The molecule has 0 saturated carbocycles. The molecule has 0 amide bonds. The number of esters is 1. The molecule has 0 saturated heterocycles. The van der Waals surface area contributed by atoms with Crippen molar-refractivity contribution in [2.75, 3.05) is 0 Å². The summed E-state index contributed by atoms with van der Waals surface area (Å²) in [7, 11) is 0. The molecule has 5 nitrogen and oxygen atoms in total. The van der Waals surface area contributed by atoms with E-state index in [0.717, 1.165) is 10.9 Å². The van der Waals surface area contributed by atoms with Gasteiger partial charge in [-0.25, -0.2) is 0 Å². The Balaban J connectivity index is 1.58. The summed E-state index contributed by atoms with van der Waals surface area (Å²) in [5, 5.41) is 4.81. The summed E-state index contributed by atoms with van der Waals surface area (Å²) in [6.45, 7) is 0. The van der Waals surface area contributed by atoms with Crippen LogP contribution in [0.4, 0.5) is 0 Å². The van der Waals surface area contributed by atoms with Gasteiger partial charge in [-0.1, -0.05) is 53.7 Å². The van der Waals surface area contributed by atoms with Crippen LogP contribution in [0.2, 0.25) is 0 Å². The highest BCUT2D eigenvalue weighted by molar-refractivity contribution is 5.84. The summed E-state index contributed by atoms with van der Waals surface area (Å²) >= 11 is 0. The van der Waals surface area contributed by atoms with Crippen LogP contribution in [0.15, 0.2) is 83.5 Å². The van der Waals surface area contributed by atoms with Gasteiger partial charge in [0, 0.05) is 11.6 Å². The monoisotopic (exact) mass is 344 g/mol. The van der Waals surface area contributed by atoms with E-state index in [2.05, 4.69) is 10.1 Å². The van der Waals surface area contributed by atoms with E-state index in [1.807, 2.05) is 72.8 Å². The minimum Gasteiger partial charge on any atom is -0.451 e. The minimum absolute atomic E-state index is 0.0349. The molecule has 0 aliphatic carbocycles. The number of ether oxygens (including phenoxy) is 1. The number of hydrogen-bond acceptors (Lipinski definition) is 5. The topological polar surface area (TPSA) is 65.2 Å². The van der Waals surface area contributed by atoms with Crippen molar-refractivity contribution in [2.45, 2.75) is 12.5 Å². The third kappa shape index (κ3) is 3.32. The van der Waals surface area contributed by atoms with Crippen molar-refractivity contribution in [1.82, 2.24) is 10.1 Å². The van der Waals surface area contributed by atoms with Gasteiger partial charge in [-0.2, -0.15) is 0 Å². The van der Waals surface area contributed by atoms with Gasteiger partial charge in [0.2, 0.25) is 0 Å². The number of rotatable bonds is 5. The largest absolute Gasteiger partial charge is 0.451 e. The van der Waals surface area contributed by atoms with E-state index in [0.29, 0.717) is 17.0 Å². The Morgan fingerprint density at radius 1 is 0.962 bits per heavy atom. The Morgan fingerprint density at radius 2 is 1.73 bits per heavy atom. The van der Waals surface area contributed by atoms with Crippen molar-refractivity contribution in [3.8, 4) is 0 Å². The maximum Gasteiger partial charge on any atom is 0.313 e. The fourth-order valence-corrected chi connectivity index (χ4v) is 2.83. The van der Waals surface area contributed by atoms with E-state index in [-0.39, 0.29) is 12.4 Å². The van der Waals surface area contributed by atoms with Gasteiger partial charge >= 0.3 is 5.97 Å². The number of carbonyl (C=O) groups is 1. The molecule has 0 aliphatic rings. The number of para-hydroxylation sites is 1. The zero-order valence-electron chi connectivity index (χ0n) is 13.9. The van der Waals surface area contributed by atoms with Crippen molar-refractivity contribution in [2.24, 2.45) is 0 Å². The van der Waals surface area contributed by atoms with E-state index in [9.17, 15) is 4.79 Å². The number of fused-ring (bicyclic) bond motifs is 1. The molecule has 0 N–H and O–H groups in total. The number of nitrogens with zero attached hydrogens (tertiary/aromatic N) is 2. The molecule has 4 rings (SSSR count). The predicted molar refractivity (Wildman–Crippen MR) is 96.3 cm³/mol. The predicted octanol–water partition coefficient (Wildman–Crippen LogP) is 4.10. The Kier molecular flexibility index (Phi) is 4.43. The van der Waals surface area contributed by atoms with Crippen LogP contribution < -0.4 is 0 Å². The van der Waals surface area contributed by atoms with Crippen LogP contribution in [-0.2, 0) is 16.0 Å². The first-order chi connectivity index (χ1) is 12.8. The minimum atomic E-state index is -0.567. The second-order valence-electron chi connectivity index (χ2n) is 5.84. The van der Waals surface area contributed by atoms with Crippen molar-refractivity contribution < 1.29 is 14.1 Å². The maximum absolute atomic E-state index is 12.6. The summed E-state index contributed by atoms with van der Waals surface area (Å²) in [5.74, 6) is -0.386. The second-order valence-corrected chi connectivity index (χ2v) is 5.84. The van der Waals surface area contributed by atoms with Gasteiger partial charge in [0.15, 0.2) is 11.7 Å². The van der Waals surface area contributed by atoms with Gasteiger partial charge in [-0.3, -0.25) is 9.78 Å². The summed E-state index contributed by atoms with van der Waals surface area (Å²) < 4.78 is 11.0. The molecule has 4 aromatic rings. The molecule has 128 valence electrons. The molecule has 26 heavy (non-hydrogen) atoms. The van der Waals surface area contributed by atoms with Crippen LogP contribution in [0.5, 0.6) is 0 Å². The van der Waals surface area contributed by atoms with Crippen LogP contribution in [0.25, 0.3) is 11.0 Å². The first-order valence-corrected chi connectivity index (χ1v) is 8.30. The normalized spacial score (nSPS) is 12.0. The molecule has 0 unspecified atom stereocenters. The van der Waals surface area contributed by atoms with Crippen LogP contribution in [-0.4, -0.2) is 16.1 Å². The van der Waals surface area contributed by atoms with Gasteiger partial charge in [-0.15, -0.1) is 0 Å². The van der Waals surface area contributed by atoms with Gasteiger partial charge in [0.25, 0.3) is 0 Å². The molecule has 5 heteroatoms. The quantitative estimate of drug-likeness (QED) is 0.510. The molecule has 1 atom stereocenters. The van der Waals surface area contributed by atoms with E-state index in [1.165, 1.54) is 0 Å². The van der Waals surface area contributed by atoms with Gasteiger partial charge in [-0.05, 0) is 29.8 Å². The molecule has 2 aromatic heterocycles. The molecule has 2 heterocycles. The molecule has 2 aromatic carbocycles. The number of pyridine rings is 1. The standard InChI is InChI=1S/C21H16N2O3/c24-20(14-18-16-10-4-5-12-19(16)26-23-18)25-21(15-8-2-1-3-9-15)17-11-6-7-13-22-17/h1-13,21H,14H2/t21-/m1/s1. The van der Waals surface area contributed by atoms with E-state index in [1.54, 1.807) is 6.20 Å². The highest BCUT2D eigenvalue weighted by Gasteiger charge is 2.21. The fourth-order valence-electron chi connectivity index (χ4n) is 2.83. The van der Waals surface area contributed by atoms with Gasteiger partial charge in [0.05, 0.1) is 12.1 Å². The van der Waals surface area contributed by atoms with Gasteiger partial charge in [0.1, 0.15) is 5.69 Å². The van der Waals surface area contributed by atoms with Crippen molar-refractivity contribution in [3.05, 3.63) is 95.9 Å². The Hall–Kier alpha value is -3.47. The Bertz CT molecular complexity index is 974. The van der Waals surface area contributed by atoms with Crippen LogP contribution >= 0.6 is 0 Å². The number of aromatic nitrogens is 2. The summed E-state index contributed by atoms with van der Waals surface area (Å²) in [6.07, 6.45) is 1.15. The Labute approximate surface area is 150 Å². The molecule has 0 fully saturated rings. The van der Waals surface area contributed by atoms with E-state index < -0.39 is 6.10 Å². The SMILES string of the molecule is O=C(Cc1noc2ccccc12)O[C@H](c1ccccc1)c1ccccn1. The summed E-state index contributed by atoms with van der Waals surface area (Å²) in [6, 6.07) is 22.5. The lowest BCUT2D eigenvalue weighted by atomic mass is 10.1. The van der Waals surface area contributed by atoms with Crippen molar-refractivity contribution in [3.63, 3.8) is 0 Å². The lowest BCUT2D eigenvalue weighted by Crippen LogP contribution is -2.15. The van der Waals surface area contributed by atoms with Gasteiger partial charge < -0.3 is 9.26 Å². The Morgan fingerprint density at radius 3 is 2.54 bits per heavy atom. The first kappa shape index (κ1) is 16.0. The highest BCUT2D eigenvalue weighted by Crippen LogP contribution is 2.25. The molecule has 0 spiro atoms. The summed E-state index contributed by atoms with van der Waals surface area (Å²) in [5.41, 5.74) is 2.76. The first-order valence-electron chi connectivity index (χ1n) is 8.30. The molecular weight excluding hydrogens is 328 g/mol.